The SMILES string of the molecule is N[C@@H](CC(=O)NC12CC3CC(CC(C3)C1)C2)C(=O)O. The van der Waals surface area contributed by atoms with Crippen molar-refractivity contribution in [2.45, 2.75) is 56.5 Å². The first kappa shape index (κ1) is 12.9. The summed E-state index contributed by atoms with van der Waals surface area (Å²) in [5.41, 5.74) is 5.37. The van der Waals surface area contributed by atoms with Crippen molar-refractivity contribution in [3.63, 3.8) is 0 Å². The van der Waals surface area contributed by atoms with Crippen molar-refractivity contribution >= 4 is 11.9 Å². The Bertz CT molecular complexity index is 372. The Kier molecular flexibility index (Phi) is 3.04. The average Bonchev–Trinajstić information content (AvgIpc) is 2.25. The van der Waals surface area contributed by atoms with Crippen LogP contribution in [0.1, 0.15) is 44.9 Å². The molecule has 1 amide bonds. The van der Waals surface area contributed by atoms with E-state index in [2.05, 4.69) is 5.32 Å². The molecule has 0 aromatic heterocycles. The lowest BCUT2D eigenvalue weighted by atomic mass is 9.53. The first-order valence-corrected chi connectivity index (χ1v) is 7.25. The van der Waals surface area contributed by atoms with Gasteiger partial charge in [0.15, 0.2) is 0 Å². The second-order valence-corrected chi connectivity index (χ2v) is 6.89. The van der Waals surface area contributed by atoms with Gasteiger partial charge in [-0.2, -0.15) is 0 Å². The minimum Gasteiger partial charge on any atom is -0.480 e. The van der Waals surface area contributed by atoms with Crippen LogP contribution in [0.2, 0.25) is 0 Å². The number of rotatable bonds is 4. The highest BCUT2D eigenvalue weighted by atomic mass is 16.4. The Labute approximate surface area is 112 Å². The average molecular weight is 266 g/mol. The van der Waals surface area contributed by atoms with Gasteiger partial charge in [-0.3, -0.25) is 9.59 Å². The summed E-state index contributed by atoms with van der Waals surface area (Å²) in [5.74, 6) is 0.983. The maximum Gasteiger partial charge on any atom is 0.321 e. The molecule has 0 heterocycles. The van der Waals surface area contributed by atoms with Gasteiger partial charge in [0.1, 0.15) is 6.04 Å². The molecule has 1 atom stereocenters. The predicted octanol–water partition coefficient (Wildman–Crippen LogP) is 0.873. The topological polar surface area (TPSA) is 92.4 Å². The van der Waals surface area contributed by atoms with Crippen LogP contribution < -0.4 is 11.1 Å². The van der Waals surface area contributed by atoms with Crippen molar-refractivity contribution in [1.82, 2.24) is 5.32 Å². The van der Waals surface area contributed by atoms with Crippen LogP contribution in [0.3, 0.4) is 0 Å². The Morgan fingerprint density at radius 1 is 1.16 bits per heavy atom. The Balaban J connectivity index is 1.63. The number of carboxylic acids is 1. The van der Waals surface area contributed by atoms with Crippen LogP contribution in [0.25, 0.3) is 0 Å². The zero-order chi connectivity index (χ0) is 13.6. The summed E-state index contributed by atoms with van der Waals surface area (Å²) in [6.07, 6.45) is 7.08. The van der Waals surface area contributed by atoms with Crippen LogP contribution >= 0.6 is 0 Å². The molecule has 0 radical (unpaired) electrons. The highest BCUT2D eigenvalue weighted by Gasteiger charge is 2.51. The van der Waals surface area contributed by atoms with Crippen molar-refractivity contribution < 1.29 is 14.7 Å². The van der Waals surface area contributed by atoms with Crippen LogP contribution in [0.4, 0.5) is 0 Å². The molecule has 4 fully saturated rings. The van der Waals surface area contributed by atoms with Gasteiger partial charge in [-0.25, -0.2) is 0 Å². The van der Waals surface area contributed by atoms with Gasteiger partial charge in [-0.1, -0.05) is 0 Å². The van der Waals surface area contributed by atoms with Gasteiger partial charge in [-0.15, -0.1) is 0 Å². The zero-order valence-corrected chi connectivity index (χ0v) is 11.1. The fraction of sp³-hybridized carbons (Fsp3) is 0.857. The quantitative estimate of drug-likeness (QED) is 0.704. The van der Waals surface area contributed by atoms with Crippen molar-refractivity contribution in [2.75, 3.05) is 0 Å². The molecule has 0 saturated heterocycles. The Morgan fingerprint density at radius 2 is 1.63 bits per heavy atom. The molecule has 4 bridgehead atoms. The van der Waals surface area contributed by atoms with Crippen LogP contribution in [-0.4, -0.2) is 28.6 Å². The number of carbonyl (C=O) groups is 2. The zero-order valence-electron chi connectivity index (χ0n) is 11.1. The van der Waals surface area contributed by atoms with E-state index < -0.39 is 12.0 Å². The van der Waals surface area contributed by atoms with Crippen LogP contribution in [0.15, 0.2) is 0 Å². The molecular weight excluding hydrogens is 244 g/mol. The number of carboxylic acid groups (broad SMARTS) is 1. The van der Waals surface area contributed by atoms with Gasteiger partial charge >= 0.3 is 5.97 Å². The monoisotopic (exact) mass is 266 g/mol. The number of amides is 1. The summed E-state index contributed by atoms with van der Waals surface area (Å²) < 4.78 is 0. The Hall–Kier alpha value is -1.10. The molecule has 0 spiro atoms. The lowest BCUT2D eigenvalue weighted by Crippen LogP contribution is -2.60. The van der Waals surface area contributed by atoms with E-state index in [4.69, 9.17) is 10.8 Å². The first-order chi connectivity index (χ1) is 8.96. The van der Waals surface area contributed by atoms with E-state index in [9.17, 15) is 9.59 Å². The minimum atomic E-state index is -1.11. The summed E-state index contributed by atoms with van der Waals surface area (Å²) in [6, 6.07) is -1.09. The largest absolute Gasteiger partial charge is 0.480 e. The van der Waals surface area contributed by atoms with Crippen LogP contribution in [0, 0.1) is 17.8 Å². The molecule has 4 N–H and O–H groups in total. The fourth-order valence-electron chi connectivity index (χ4n) is 4.90. The van der Waals surface area contributed by atoms with Gasteiger partial charge in [0.2, 0.25) is 5.91 Å². The van der Waals surface area contributed by atoms with Gasteiger partial charge in [0, 0.05) is 5.54 Å². The van der Waals surface area contributed by atoms with E-state index in [0.29, 0.717) is 0 Å². The van der Waals surface area contributed by atoms with Crippen LogP contribution in [0.5, 0.6) is 0 Å². The van der Waals surface area contributed by atoms with Gasteiger partial charge < -0.3 is 16.2 Å². The number of carbonyl (C=O) groups excluding carboxylic acids is 1. The molecule has 5 nitrogen and oxygen atoms in total. The normalized spacial score (nSPS) is 41.0. The molecule has 0 aromatic carbocycles. The van der Waals surface area contributed by atoms with E-state index in [1.165, 1.54) is 19.3 Å². The minimum absolute atomic E-state index is 0.0515. The standard InChI is InChI=1S/C14H22N2O3/c15-11(13(18)19)4-12(17)16-14-5-8-1-9(6-14)3-10(2-8)7-14/h8-11H,1-7,15H2,(H,16,17)(H,18,19)/t8?,9?,10?,11-,14?/m0/s1. The van der Waals surface area contributed by atoms with Crippen molar-refractivity contribution in [3.8, 4) is 0 Å². The maximum atomic E-state index is 12.0. The van der Waals surface area contributed by atoms with Gasteiger partial charge in [0.05, 0.1) is 6.42 Å². The number of hydrogen-bond donors (Lipinski definition) is 3. The highest BCUT2D eigenvalue weighted by Crippen LogP contribution is 2.55. The van der Waals surface area contributed by atoms with E-state index in [0.717, 1.165) is 37.0 Å². The lowest BCUT2D eigenvalue weighted by molar-refractivity contribution is -0.141. The second kappa shape index (κ2) is 4.47. The number of aliphatic carboxylic acids is 1. The predicted molar refractivity (Wildman–Crippen MR) is 69.3 cm³/mol. The third-order valence-electron chi connectivity index (χ3n) is 5.17. The third kappa shape index (κ3) is 2.48. The summed E-state index contributed by atoms with van der Waals surface area (Å²) >= 11 is 0. The van der Waals surface area contributed by atoms with E-state index >= 15 is 0 Å². The summed E-state index contributed by atoms with van der Waals surface area (Å²) in [4.78, 5) is 22.7. The molecule has 4 aliphatic rings. The molecule has 5 heteroatoms. The van der Waals surface area contributed by atoms with Crippen LogP contribution in [-0.2, 0) is 9.59 Å². The molecule has 106 valence electrons. The summed E-state index contributed by atoms with van der Waals surface area (Å²) in [6.45, 7) is 0. The number of nitrogens with two attached hydrogens (primary N) is 1. The van der Waals surface area contributed by atoms with E-state index in [1.807, 2.05) is 0 Å². The molecule has 0 aliphatic heterocycles. The lowest BCUT2D eigenvalue weighted by Gasteiger charge is -2.57. The molecule has 4 rings (SSSR count). The summed E-state index contributed by atoms with van der Waals surface area (Å²) in [7, 11) is 0. The summed E-state index contributed by atoms with van der Waals surface area (Å²) in [5, 5.41) is 11.9. The first-order valence-electron chi connectivity index (χ1n) is 7.25. The Morgan fingerprint density at radius 3 is 2.05 bits per heavy atom. The number of nitrogens with one attached hydrogen (secondary N) is 1. The second-order valence-electron chi connectivity index (χ2n) is 6.89. The fourth-order valence-corrected chi connectivity index (χ4v) is 4.90. The molecule has 4 aliphatic carbocycles. The van der Waals surface area contributed by atoms with Crippen molar-refractivity contribution in [2.24, 2.45) is 23.5 Å². The third-order valence-corrected chi connectivity index (χ3v) is 5.17. The molecule has 4 saturated carbocycles. The highest BCUT2D eigenvalue weighted by molar-refractivity contribution is 5.84. The van der Waals surface area contributed by atoms with Crippen molar-refractivity contribution in [3.05, 3.63) is 0 Å². The van der Waals surface area contributed by atoms with E-state index in [-0.39, 0.29) is 17.9 Å². The number of hydrogen-bond acceptors (Lipinski definition) is 3. The molecule has 0 unspecified atom stereocenters. The van der Waals surface area contributed by atoms with Gasteiger partial charge in [0.25, 0.3) is 0 Å². The van der Waals surface area contributed by atoms with Gasteiger partial charge in [-0.05, 0) is 56.3 Å². The molecule has 19 heavy (non-hydrogen) atoms. The smallest absolute Gasteiger partial charge is 0.321 e. The molecule has 0 aromatic rings. The maximum absolute atomic E-state index is 12.0. The molecular formula is C14H22N2O3. The van der Waals surface area contributed by atoms with Crippen molar-refractivity contribution in [1.29, 1.82) is 0 Å². The van der Waals surface area contributed by atoms with E-state index in [1.54, 1.807) is 0 Å².